The molecule has 0 unspecified atom stereocenters. The number of nitrogens with one attached hydrogen (secondary N) is 1. The zero-order valence-corrected chi connectivity index (χ0v) is 11.6. The van der Waals surface area contributed by atoms with Gasteiger partial charge < -0.3 is 15.0 Å². The lowest BCUT2D eigenvalue weighted by molar-refractivity contribution is -0.384. The standard InChI is InChI=1S/C13H18N4O3/c1-15-11-8-12(10-13(9-11)17(18)19)16(5-3-4-14)6-7-20-2/h8-10,15H,3,5-7H2,1-2H3. The first-order chi connectivity index (χ1) is 9.62. The number of nitro groups is 1. The molecule has 0 atom stereocenters. The molecule has 0 aromatic heterocycles. The summed E-state index contributed by atoms with van der Waals surface area (Å²) in [6.45, 7) is 1.57. The summed E-state index contributed by atoms with van der Waals surface area (Å²) in [4.78, 5) is 12.4. The largest absolute Gasteiger partial charge is 0.388 e. The van der Waals surface area contributed by atoms with Gasteiger partial charge in [-0.05, 0) is 6.07 Å². The van der Waals surface area contributed by atoms with Crippen LogP contribution >= 0.6 is 0 Å². The fourth-order valence-electron chi connectivity index (χ4n) is 1.78. The molecule has 0 aliphatic carbocycles. The Kier molecular flexibility index (Phi) is 6.26. The monoisotopic (exact) mass is 278 g/mol. The van der Waals surface area contributed by atoms with Crippen molar-refractivity contribution in [2.75, 3.05) is 44.1 Å². The summed E-state index contributed by atoms with van der Waals surface area (Å²) in [7, 11) is 3.30. The molecule has 0 saturated carbocycles. The summed E-state index contributed by atoms with van der Waals surface area (Å²) in [5.41, 5.74) is 1.38. The Morgan fingerprint density at radius 2 is 2.20 bits per heavy atom. The predicted molar refractivity (Wildman–Crippen MR) is 77.0 cm³/mol. The minimum atomic E-state index is -0.427. The summed E-state index contributed by atoms with van der Waals surface area (Å²) >= 11 is 0. The number of non-ortho nitro benzene ring substituents is 1. The Morgan fingerprint density at radius 3 is 2.75 bits per heavy atom. The summed E-state index contributed by atoms with van der Waals surface area (Å²) in [6.07, 6.45) is 0.349. The number of anilines is 2. The van der Waals surface area contributed by atoms with Gasteiger partial charge in [-0.2, -0.15) is 5.26 Å². The third-order valence-electron chi connectivity index (χ3n) is 2.83. The van der Waals surface area contributed by atoms with Crippen LogP contribution in [-0.4, -0.2) is 38.8 Å². The van der Waals surface area contributed by atoms with Crippen molar-refractivity contribution in [3.8, 4) is 6.07 Å². The average molecular weight is 278 g/mol. The van der Waals surface area contributed by atoms with Gasteiger partial charge in [0.05, 0.1) is 24.0 Å². The number of nitriles is 1. The topological polar surface area (TPSA) is 91.4 Å². The second-order valence-corrected chi connectivity index (χ2v) is 4.13. The maximum absolute atomic E-state index is 11.0. The van der Waals surface area contributed by atoms with Crippen molar-refractivity contribution in [2.24, 2.45) is 0 Å². The van der Waals surface area contributed by atoms with Gasteiger partial charge in [-0.25, -0.2) is 0 Å². The highest BCUT2D eigenvalue weighted by Crippen LogP contribution is 2.27. The third kappa shape index (κ3) is 4.40. The van der Waals surface area contributed by atoms with Crippen LogP contribution in [-0.2, 0) is 4.74 Å². The number of benzene rings is 1. The van der Waals surface area contributed by atoms with Gasteiger partial charge in [0.2, 0.25) is 0 Å². The van der Waals surface area contributed by atoms with Crippen LogP contribution in [0.3, 0.4) is 0 Å². The lowest BCUT2D eigenvalue weighted by Gasteiger charge is -2.23. The van der Waals surface area contributed by atoms with Crippen LogP contribution in [0.1, 0.15) is 6.42 Å². The van der Waals surface area contributed by atoms with E-state index in [2.05, 4.69) is 11.4 Å². The van der Waals surface area contributed by atoms with Gasteiger partial charge in [0, 0.05) is 50.8 Å². The van der Waals surface area contributed by atoms with E-state index in [1.807, 2.05) is 11.0 Å². The van der Waals surface area contributed by atoms with Crippen LogP contribution in [0, 0.1) is 21.4 Å². The summed E-state index contributed by atoms with van der Waals surface area (Å²) in [5.74, 6) is 0. The number of ether oxygens (including phenoxy) is 1. The van der Waals surface area contributed by atoms with E-state index in [1.54, 1.807) is 14.2 Å². The molecule has 0 heterocycles. The minimum Gasteiger partial charge on any atom is -0.388 e. The Morgan fingerprint density at radius 1 is 1.45 bits per heavy atom. The van der Waals surface area contributed by atoms with Crippen molar-refractivity contribution in [1.29, 1.82) is 5.26 Å². The zero-order valence-electron chi connectivity index (χ0n) is 11.6. The number of rotatable bonds is 8. The molecule has 108 valence electrons. The van der Waals surface area contributed by atoms with Gasteiger partial charge in [0.1, 0.15) is 0 Å². The predicted octanol–water partition coefficient (Wildman–Crippen LogP) is 2.00. The molecule has 0 fully saturated rings. The van der Waals surface area contributed by atoms with E-state index in [1.165, 1.54) is 12.1 Å². The number of hydrogen-bond donors (Lipinski definition) is 1. The fourth-order valence-corrected chi connectivity index (χ4v) is 1.78. The zero-order chi connectivity index (χ0) is 15.0. The van der Waals surface area contributed by atoms with Crippen LogP contribution in [0.4, 0.5) is 17.1 Å². The number of nitro benzene ring substituents is 1. The normalized spacial score (nSPS) is 9.85. The second-order valence-electron chi connectivity index (χ2n) is 4.13. The van der Waals surface area contributed by atoms with Crippen molar-refractivity contribution in [2.45, 2.75) is 6.42 Å². The Bertz CT molecular complexity index is 499. The maximum atomic E-state index is 11.0. The van der Waals surface area contributed by atoms with Gasteiger partial charge in [0.15, 0.2) is 0 Å². The van der Waals surface area contributed by atoms with E-state index in [9.17, 15) is 10.1 Å². The highest BCUT2D eigenvalue weighted by Gasteiger charge is 2.14. The van der Waals surface area contributed by atoms with Gasteiger partial charge in [-0.3, -0.25) is 10.1 Å². The van der Waals surface area contributed by atoms with E-state index in [4.69, 9.17) is 10.00 Å². The lowest BCUT2D eigenvalue weighted by atomic mass is 10.2. The molecular formula is C13H18N4O3. The molecule has 0 saturated heterocycles. The third-order valence-corrected chi connectivity index (χ3v) is 2.83. The minimum absolute atomic E-state index is 0.0197. The van der Waals surface area contributed by atoms with Gasteiger partial charge in [-0.15, -0.1) is 0 Å². The fraction of sp³-hybridized carbons (Fsp3) is 0.462. The van der Waals surface area contributed by atoms with Crippen molar-refractivity contribution < 1.29 is 9.66 Å². The SMILES string of the molecule is CNc1cc(N(CCC#N)CCOC)cc([N+](=O)[O-])c1. The van der Waals surface area contributed by atoms with E-state index in [-0.39, 0.29) is 5.69 Å². The summed E-state index contributed by atoms with van der Waals surface area (Å²) in [5, 5.41) is 22.6. The molecule has 7 nitrogen and oxygen atoms in total. The van der Waals surface area contributed by atoms with Crippen LogP contribution in [0.5, 0.6) is 0 Å². The molecule has 1 N–H and O–H groups in total. The van der Waals surface area contributed by atoms with E-state index in [0.717, 1.165) is 0 Å². The van der Waals surface area contributed by atoms with E-state index >= 15 is 0 Å². The molecule has 0 radical (unpaired) electrons. The molecule has 1 aromatic rings. The molecule has 1 rings (SSSR count). The van der Waals surface area contributed by atoms with Crippen molar-refractivity contribution in [3.05, 3.63) is 28.3 Å². The Labute approximate surface area is 117 Å². The molecular weight excluding hydrogens is 260 g/mol. The summed E-state index contributed by atoms with van der Waals surface area (Å²) in [6, 6.07) is 6.88. The average Bonchev–Trinajstić information content (AvgIpc) is 2.46. The number of nitrogens with zero attached hydrogens (tertiary/aromatic N) is 3. The number of hydrogen-bond acceptors (Lipinski definition) is 6. The summed E-state index contributed by atoms with van der Waals surface area (Å²) < 4.78 is 5.03. The number of methoxy groups -OCH3 is 1. The molecule has 0 aliphatic rings. The molecule has 0 bridgehead atoms. The highest BCUT2D eigenvalue weighted by atomic mass is 16.6. The molecule has 20 heavy (non-hydrogen) atoms. The highest BCUT2D eigenvalue weighted by molar-refractivity contribution is 5.64. The maximum Gasteiger partial charge on any atom is 0.273 e. The van der Waals surface area contributed by atoms with Gasteiger partial charge >= 0.3 is 0 Å². The first-order valence-corrected chi connectivity index (χ1v) is 6.20. The van der Waals surface area contributed by atoms with Crippen molar-refractivity contribution >= 4 is 17.1 Å². The Hall–Kier alpha value is -2.33. The van der Waals surface area contributed by atoms with Crippen LogP contribution < -0.4 is 10.2 Å². The van der Waals surface area contributed by atoms with E-state index in [0.29, 0.717) is 37.5 Å². The second kappa shape index (κ2) is 7.96. The molecule has 0 amide bonds. The molecule has 0 spiro atoms. The Balaban J connectivity index is 3.06. The van der Waals surface area contributed by atoms with Crippen molar-refractivity contribution in [3.63, 3.8) is 0 Å². The first kappa shape index (κ1) is 15.7. The van der Waals surface area contributed by atoms with Gasteiger partial charge in [0.25, 0.3) is 5.69 Å². The van der Waals surface area contributed by atoms with Crippen LogP contribution in [0.2, 0.25) is 0 Å². The quantitative estimate of drug-likeness (QED) is 0.577. The lowest BCUT2D eigenvalue weighted by Crippen LogP contribution is -2.28. The van der Waals surface area contributed by atoms with E-state index < -0.39 is 4.92 Å². The smallest absolute Gasteiger partial charge is 0.273 e. The first-order valence-electron chi connectivity index (χ1n) is 6.20. The molecule has 1 aromatic carbocycles. The van der Waals surface area contributed by atoms with Crippen LogP contribution in [0.15, 0.2) is 18.2 Å². The van der Waals surface area contributed by atoms with Gasteiger partial charge in [-0.1, -0.05) is 0 Å². The van der Waals surface area contributed by atoms with Crippen molar-refractivity contribution in [1.82, 2.24) is 0 Å². The molecule has 0 aliphatic heterocycles. The van der Waals surface area contributed by atoms with Crippen LogP contribution in [0.25, 0.3) is 0 Å². The molecule has 7 heteroatoms.